The van der Waals surface area contributed by atoms with E-state index in [2.05, 4.69) is 35.8 Å². The molecule has 3 heterocycles. The SMILES string of the molecule is C/C(=N\NC(=O)c1nnn(-c2nonc2N)c1-c1ccc(Cl)c(Cl)c1)c1ccc(Cl)s1. The fourth-order valence-electron chi connectivity index (χ4n) is 2.57. The molecule has 0 fully saturated rings. The van der Waals surface area contributed by atoms with Crippen molar-refractivity contribution in [3.8, 4) is 17.1 Å². The Hall–Kier alpha value is -2.99. The molecule has 1 amide bonds. The number of carbonyl (C=O) groups excluding carboxylic acids is 1. The van der Waals surface area contributed by atoms with Gasteiger partial charge >= 0.3 is 0 Å². The Morgan fingerprint density at radius 1 is 1.19 bits per heavy atom. The second-order valence-corrected chi connectivity index (χ2v) is 8.57. The van der Waals surface area contributed by atoms with Crippen molar-refractivity contribution in [3.05, 3.63) is 55.3 Å². The fourth-order valence-corrected chi connectivity index (χ4v) is 3.86. The number of thiophene rings is 1. The average Bonchev–Trinajstić information content (AvgIpc) is 3.47. The van der Waals surface area contributed by atoms with Gasteiger partial charge in [-0.2, -0.15) is 9.78 Å². The maximum atomic E-state index is 12.9. The van der Waals surface area contributed by atoms with Gasteiger partial charge in [0.05, 0.1) is 25.0 Å². The highest BCUT2D eigenvalue weighted by Gasteiger charge is 2.25. The average molecular weight is 498 g/mol. The van der Waals surface area contributed by atoms with Crippen LogP contribution in [-0.2, 0) is 0 Å². The van der Waals surface area contributed by atoms with E-state index in [0.717, 1.165) is 4.88 Å². The van der Waals surface area contributed by atoms with Crippen LogP contribution in [0.15, 0.2) is 40.1 Å². The standard InChI is InChI=1S/C17H11Cl3N8O2S/c1-7(11-4-5-12(20)31-11)22-24-17(29)13-14(8-2-3-9(18)10(19)6-8)28(27-23-13)16-15(21)25-30-26-16/h2-6H,1H3,(H2,21,25)(H,24,29)/b22-7+. The van der Waals surface area contributed by atoms with E-state index in [1.54, 1.807) is 37.3 Å². The van der Waals surface area contributed by atoms with Crippen LogP contribution in [0, 0.1) is 0 Å². The van der Waals surface area contributed by atoms with Gasteiger partial charge in [-0.3, -0.25) is 4.79 Å². The number of carbonyl (C=O) groups is 1. The molecule has 1 aromatic carbocycles. The molecule has 0 aliphatic rings. The van der Waals surface area contributed by atoms with Crippen LogP contribution in [0.5, 0.6) is 0 Å². The van der Waals surface area contributed by atoms with E-state index in [1.807, 2.05) is 0 Å². The van der Waals surface area contributed by atoms with Gasteiger partial charge in [-0.05, 0) is 41.5 Å². The quantitative estimate of drug-likeness (QED) is 0.313. The molecule has 0 radical (unpaired) electrons. The zero-order valence-electron chi connectivity index (χ0n) is 15.5. The van der Waals surface area contributed by atoms with Crippen LogP contribution in [0.3, 0.4) is 0 Å². The molecule has 0 saturated heterocycles. The monoisotopic (exact) mass is 496 g/mol. The van der Waals surface area contributed by atoms with Gasteiger partial charge in [0.1, 0.15) is 5.69 Å². The minimum atomic E-state index is -0.621. The van der Waals surface area contributed by atoms with Crippen LogP contribution in [0.2, 0.25) is 14.4 Å². The van der Waals surface area contributed by atoms with Gasteiger partial charge in [0.15, 0.2) is 5.69 Å². The third-order valence-corrected chi connectivity index (χ3v) is 6.11. The maximum Gasteiger partial charge on any atom is 0.294 e. The maximum absolute atomic E-state index is 12.9. The van der Waals surface area contributed by atoms with Gasteiger partial charge in [0, 0.05) is 5.56 Å². The number of hydrogen-bond acceptors (Lipinski definition) is 9. The summed E-state index contributed by atoms with van der Waals surface area (Å²) in [6.45, 7) is 1.74. The third kappa shape index (κ3) is 4.26. The van der Waals surface area contributed by atoms with Gasteiger partial charge in [-0.1, -0.05) is 46.1 Å². The van der Waals surface area contributed by atoms with Crippen LogP contribution < -0.4 is 11.2 Å². The molecule has 10 nitrogen and oxygen atoms in total. The van der Waals surface area contributed by atoms with Crippen LogP contribution in [0.1, 0.15) is 22.3 Å². The number of aromatic nitrogens is 5. The van der Waals surface area contributed by atoms with E-state index in [1.165, 1.54) is 16.0 Å². The second kappa shape index (κ2) is 8.63. The minimum Gasteiger partial charge on any atom is -0.378 e. The highest BCUT2D eigenvalue weighted by Crippen LogP contribution is 2.31. The molecule has 0 unspecified atom stereocenters. The first-order valence-electron chi connectivity index (χ1n) is 8.45. The summed E-state index contributed by atoms with van der Waals surface area (Å²) in [5.41, 5.74) is 9.49. The fraction of sp³-hybridized carbons (Fsp3) is 0.0588. The molecule has 0 atom stereocenters. The molecule has 0 aliphatic carbocycles. The normalized spacial score (nSPS) is 11.7. The summed E-state index contributed by atoms with van der Waals surface area (Å²) in [5, 5.41) is 19.9. The van der Waals surface area contributed by atoms with Crippen molar-refractivity contribution in [2.75, 3.05) is 5.73 Å². The van der Waals surface area contributed by atoms with E-state index >= 15 is 0 Å². The predicted molar refractivity (Wildman–Crippen MR) is 118 cm³/mol. The topological polar surface area (TPSA) is 137 Å². The van der Waals surface area contributed by atoms with Crippen molar-refractivity contribution < 1.29 is 9.42 Å². The van der Waals surface area contributed by atoms with Crippen molar-refractivity contribution >= 4 is 63.6 Å². The lowest BCUT2D eigenvalue weighted by Crippen LogP contribution is -2.20. The van der Waals surface area contributed by atoms with Crippen molar-refractivity contribution in [2.45, 2.75) is 6.92 Å². The molecule has 14 heteroatoms. The summed E-state index contributed by atoms with van der Waals surface area (Å²) in [6, 6.07) is 8.32. The number of nitrogens with two attached hydrogens (primary N) is 1. The first-order valence-corrected chi connectivity index (χ1v) is 10.4. The number of hydrazone groups is 1. The Morgan fingerprint density at radius 3 is 2.65 bits per heavy atom. The molecule has 158 valence electrons. The summed E-state index contributed by atoms with van der Waals surface area (Å²) < 4.78 is 6.47. The molecule has 0 aliphatic heterocycles. The number of halogens is 3. The molecule has 3 N–H and O–H groups in total. The highest BCUT2D eigenvalue weighted by molar-refractivity contribution is 7.18. The van der Waals surface area contributed by atoms with Gasteiger partial charge < -0.3 is 5.73 Å². The Balaban J connectivity index is 1.75. The Labute approximate surface area is 193 Å². The molecule has 4 aromatic rings. The predicted octanol–water partition coefficient (Wildman–Crippen LogP) is 4.08. The van der Waals surface area contributed by atoms with E-state index < -0.39 is 5.91 Å². The summed E-state index contributed by atoms with van der Waals surface area (Å²) in [4.78, 5) is 13.7. The Kier molecular flexibility index (Phi) is 5.92. The summed E-state index contributed by atoms with van der Waals surface area (Å²) in [7, 11) is 0. The molecular formula is C17H11Cl3N8O2S. The third-order valence-electron chi connectivity index (χ3n) is 4.03. The lowest BCUT2D eigenvalue weighted by Gasteiger charge is -2.07. The Bertz CT molecular complexity index is 1310. The lowest BCUT2D eigenvalue weighted by molar-refractivity contribution is 0.0950. The van der Waals surface area contributed by atoms with Crippen LogP contribution in [-0.4, -0.2) is 36.9 Å². The molecule has 3 aromatic heterocycles. The lowest BCUT2D eigenvalue weighted by atomic mass is 10.1. The second-order valence-electron chi connectivity index (χ2n) is 6.04. The number of hydrogen-bond donors (Lipinski definition) is 2. The highest BCUT2D eigenvalue weighted by atomic mass is 35.5. The molecule has 0 spiro atoms. The smallest absolute Gasteiger partial charge is 0.294 e. The number of nitrogens with one attached hydrogen (secondary N) is 1. The summed E-state index contributed by atoms with van der Waals surface area (Å²) >= 11 is 19.5. The number of nitrogens with zero attached hydrogens (tertiary/aromatic N) is 6. The van der Waals surface area contributed by atoms with Gasteiger partial charge in [0.25, 0.3) is 5.91 Å². The largest absolute Gasteiger partial charge is 0.378 e. The van der Waals surface area contributed by atoms with E-state index in [0.29, 0.717) is 20.6 Å². The summed E-state index contributed by atoms with van der Waals surface area (Å²) in [6.07, 6.45) is 0. The van der Waals surface area contributed by atoms with Gasteiger partial charge in [-0.25, -0.2) is 10.1 Å². The first kappa shape index (κ1) is 21.2. The van der Waals surface area contributed by atoms with Crippen LogP contribution in [0.25, 0.3) is 17.1 Å². The van der Waals surface area contributed by atoms with Crippen molar-refractivity contribution in [1.82, 2.24) is 30.7 Å². The minimum absolute atomic E-state index is 0.0402. The molecule has 0 saturated carbocycles. The van der Waals surface area contributed by atoms with E-state index in [9.17, 15) is 4.79 Å². The zero-order chi connectivity index (χ0) is 22.1. The molecular weight excluding hydrogens is 487 g/mol. The van der Waals surface area contributed by atoms with E-state index in [4.69, 9.17) is 40.5 Å². The van der Waals surface area contributed by atoms with E-state index in [-0.39, 0.29) is 28.0 Å². The Morgan fingerprint density at radius 2 is 2.00 bits per heavy atom. The first-order chi connectivity index (χ1) is 14.8. The number of anilines is 1. The van der Waals surface area contributed by atoms with Crippen molar-refractivity contribution in [1.29, 1.82) is 0 Å². The number of amides is 1. The van der Waals surface area contributed by atoms with Crippen LogP contribution >= 0.6 is 46.1 Å². The number of nitrogen functional groups attached to an aromatic ring is 1. The zero-order valence-corrected chi connectivity index (χ0v) is 18.6. The molecule has 4 rings (SSSR count). The molecule has 0 bridgehead atoms. The summed E-state index contributed by atoms with van der Waals surface area (Å²) in [5.74, 6) is -0.605. The molecule has 31 heavy (non-hydrogen) atoms. The van der Waals surface area contributed by atoms with Crippen molar-refractivity contribution in [2.24, 2.45) is 5.10 Å². The van der Waals surface area contributed by atoms with Crippen LogP contribution in [0.4, 0.5) is 5.82 Å². The number of benzene rings is 1. The van der Waals surface area contributed by atoms with Gasteiger partial charge in [-0.15, -0.1) is 16.4 Å². The number of rotatable bonds is 5. The van der Waals surface area contributed by atoms with Gasteiger partial charge in [0.2, 0.25) is 11.6 Å². The van der Waals surface area contributed by atoms with Crippen molar-refractivity contribution in [3.63, 3.8) is 0 Å².